The second-order valence-corrected chi connectivity index (χ2v) is 17.6. The number of rotatable bonds is 7. The van der Waals surface area contributed by atoms with E-state index in [0.29, 0.717) is 5.89 Å². The highest BCUT2D eigenvalue weighted by atomic mass is 16.3. The molecule has 0 fully saturated rings. The summed E-state index contributed by atoms with van der Waals surface area (Å²) in [7, 11) is 0. The molecule has 12 rings (SSSR count). The van der Waals surface area contributed by atoms with Crippen molar-refractivity contribution in [2.75, 3.05) is 4.90 Å². The minimum absolute atomic E-state index is 0.149. The second kappa shape index (κ2) is 14.2. The Morgan fingerprint density at radius 2 is 1.29 bits per heavy atom. The van der Waals surface area contributed by atoms with Gasteiger partial charge in [-0.25, -0.2) is 4.98 Å². The lowest BCUT2D eigenvalue weighted by molar-refractivity contribution is 0.584. The Labute approximate surface area is 363 Å². The summed E-state index contributed by atoms with van der Waals surface area (Å²) < 4.78 is 6.64. The topological polar surface area (TPSA) is 29.3 Å². The van der Waals surface area contributed by atoms with E-state index in [9.17, 15) is 0 Å². The van der Waals surface area contributed by atoms with Gasteiger partial charge < -0.3 is 9.32 Å². The Morgan fingerprint density at radius 1 is 0.565 bits per heavy atom. The molecule has 3 heteroatoms. The second-order valence-electron chi connectivity index (χ2n) is 17.6. The van der Waals surface area contributed by atoms with Crippen LogP contribution in [0.25, 0.3) is 44.5 Å². The van der Waals surface area contributed by atoms with E-state index in [4.69, 9.17) is 9.40 Å². The zero-order chi connectivity index (χ0) is 41.4. The summed E-state index contributed by atoms with van der Waals surface area (Å²) in [6.07, 6.45) is 15.3. The summed E-state index contributed by atoms with van der Waals surface area (Å²) in [5.41, 5.74) is 20.8. The van der Waals surface area contributed by atoms with Gasteiger partial charge in [0.05, 0.1) is 11.1 Å². The highest BCUT2D eigenvalue weighted by Gasteiger charge is 2.48. The van der Waals surface area contributed by atoms with Crippen LogP contribution in [0, 0.1) is 0 Å². The Balaban J connectivity index is 1.14. The first kappa shape index (κ1) is 36.6. The van der Waals surface area contributed by atoms with Crippen molar-refractivity contribution in [3.63, 3.8) is 0 Å². The van der Waals surface area contributed by atoms with E-state index in [1.54, 1.807) is 0 Å². The molecule has 1 unspecified atom stereocenters. The predicted octanol–water partition coefficient (Wildman–Crippen LogP) is 15.1. The molecule has 7 aromatic carbocycles. The fourth-order valence-corrected chi connectivity index (χ4v) is 11.1. The van der Waals surface area contributed by atoms with Crippen LogP contribution >= 0.6 is 0 Å². The monoisotopic (exact) mass is 798 g/mol. The van der Waals surface area contributed by atoms with Crippen molar-refractivity contribution in [2.45, 2.75) is 50.4 Å². The molecule has 1 heterocycles. The van der Waals surface area contributed by atoms with E-state index in [2.05, 4.69) is 213 Å². The van der Waals surface area contributed by atoms with Gasteiger partial charge in [-0.3, -0.25) is 0 Å². The molecule has 0 N–H and O–H groups in total. The molecule has 3 nitrogen and oxygen atoms in total. The van der Waals surface area contributed by atoms with Crippen molar-refractivity contribution < 1.29 is 4.42 Å². The summed E-state index contributed by atoms with van der Waals surface area (Å²) in [6.45, 7) is 4.76. The van der Waals surface area contributed by atoms with Crippen LogP contribution in [-0.2, 0) is 10.8 Å². The average molecular weight is 799 g/mol. The number of aromatic nitrogens is 1. The van der Waals surface area contributed by atoms with E-state index in [1.807, 2.05) is 0 Å². The van der Waals surface area contributed by atoms with Gasteiger partial charge in [0.15, 0.2) is 5.58 Å². The largest absolute Gasteiger partial charge is 0.436 e. The molecule has 4 aliphatic rings. The summed E-state index contributed by atoms with van der Waals surface area (Å²) >= 11 is 0. The smallest absolute Gasteiger partial charge is 0.226 e. The maximum absolute atomic E-state index is 6.64. The number of anilines is 2. The Kier molecular flexibility index (Phi) is 8.37. The fourth-order valence-electron chi connectivity index (χ4n) is 11.1. The van der Waals surface area contributed by atoms with Gasteiger partial charge in [-0.15, -0.1) is 0 Å². The standard InChI is InChI=1S/C59H46N2O/c1-58(2)48-28-15-12-26-45(48)46-35-34-43(38-51(46)58)61(53-31-17-14-25-44(53)39-19-6-3-7-20-39)54-32-18-30-50-56(54)47-27-13-16-29-49(47)59(50,41-23-10-5-11-24-41)42-33-36-52-55(37-42)62-57(60-52)40-21-8-4-9-22-40/h3,5-8,10-13,15-24,26-38H,4,9,14,25H2,1-2H3. The lowest BCUT2D eigenvalue weighted by Crippen LogP contribution is -2.28. The first-order valence-electron chi connectivity index (χ1n) is 22.1. The average Bonchev–Trinajstić information content (AvgIpc) is 3.97. The number of allylic oxidation sites excluding steroid dienone is 7. The van der Waals surface area contributed by atoms with Crippen LogP contribution in [0.3, 0.4) is 0 Å². The molecule has 0 saturated heterocycles. The van der Waals surface area contributed by atoms with Gasteiger partial charge in [0.2, 0.25) is 5.89 Å². The lowest BCUT2D eigenvalue weighted by Gasteiger charge is -2.35. The first-order chi connectivity index (χ1) is 30.5. The molecular weight excluding hydrogens is 753 g/mol. The van der Waals surface area contributed by atoms with Crippen LogP contribution in [0.2, 0.25) is 0 Å². The van der Waals surface area contributed by atoms with Crippen molar-refractivity contribution in [1.82, 2.24) is 4.98 Å². The third kappa shape index (κ3) is 5.40. The van der Waals surface area contributed by atoms with Crippen molar-refractivity contribution in [3.8, 4) is 22.3 Å². The highest BCUT2D eigenvalue weighted by molar-refractivity contribution is 5.98. The van der Waals surface area contributed by atoms with E-state index in [-0.39, 0.29) is 5.41 Å². The molecule has 0 spiro atoms. The third-order valence-corrected chi connectivity index (χ3v) is 13.9. The molecule has 0 radical (unpaired) electrons. The van der Waals surface area contributed by atoms with Crippen LogP contribution in [0.5, 0.6) is 0 Å². The highest BCUT2D eigenvalue weighted by Crippen LogP contribution is 2.60. The SMILES string of the molecule is CC1(C)c2ccccc2-c2ccc(N(C3=C(c4ccccc4)CCC=C3)c3cccc4c3-c3ccccc3C4(c3ccccc3)c3ccc4nc(C5=CCCC=C5)oc4c3)cc21. The van der Waals surface area contributed by atoms with E-state index < -0.39 is 5.41 Å². The molecule has 62 heavy (non-hydrogen) atoms. The number of hydrogen-bond donors (Lipinski definition) is 0. The van der Waals surface area contributed by atoms with Gasteiger partial charge in [-0.1, -0.05) is 172 Å². The quantitative estimate of drug-likeness (QED) is 0.161. The fraction of sp³-hybridized carbons (Fsp3) is 0.136. The van der Waals surface area contributed by atoms with Gasteiger partial charge in [0, 0.05) is 27.9 Å². The number of benzene rings is 7. The van der Waals surface area contributed by atoms with E-state index in [0.717, 1.165) is 59.3 Å². The molecular formula is C59H46N2O. The van der Waals surface area contributed by atoms with Crippen LogP contribution in [0.4, 0.5) is 11.4 Å². The van der Waals surface area contributed by atoms with Crippen LogP contribution in [-0.4, -0.2) is 4.98 Å². The van der Waals surface area contributed by atoms with Gasteiger partial charge in [0.1, 0.15) is 5.52 Å². The maximum atomic E-state index is 6.64. The molecule has 1 atom stereocenters. The normalized spacial score (nSPS) is 18.0. The molecule has 0 amide bonds. The summed E-state index contributed by atoms with van der Waals surface area (Å²) in [5.74, 6) is 0.677. The summed E-state index contributed by atoms with van der Waals surface area (Å²) in [5, 5.41) is 0. The molecule has 8 aromatic rings. The van der Waals surface area contributed by atoms with Crippen LogP contribution in [0.15, 0.2) is 204 Å². The zero-order valence-electron chi connectivity index (χ0n) is 35.1. The minimum Gasteiger partial charge on any atom is -0.436 e. The molecule has 0 aliphatic heterocycles. The van der Waals surface area contributed by atoms with Crippen LogP contribution in [0.1, 0.15) is 84.4 Å². The molecule has 298 valence electrons. The zero-order valence-corrected chi connectivity index (χ0v) is 35.1. The number of hydrogen-bond acceptors (Lipinski definition) is 3. The number of fused-ring (bicyclic) bond motifs is 7. The van der Waals surface area contributed by atoms with E-state index in [1.165, 1.54) is 66.9 Å². The number of nitrogens with zero attached hydrogens (tertiary/aromatic N) is 2. The van der Waals surface area contributed by atoms with Crippen molar-refractivity contribution >= 4 is 33.6 Å². The summed E-state index contributed by atoms with van der Waals surface area (Å²) in [6, 6.07) is 60.9. The van der Waals surface area contributed by atoms with Gasteiger partial charge in [-0.05, 0) is 123 Å². The molecule has 0 bridgehead atoms. The van der Waals surface area contributed by atoms with Crippen molar-refractivity contribution in [3.05, 3.63) is 245 Å². The Bertz CT molecular complexity index is 3210. The molecule has 0 saturated carbocycles. The minimum atomic E-state index is -0.638. The van der Waals surface area contributed by atoms with Gasteiger partial charge in [0.25, 0.3) is 0 Å². The third-order valence-electron chi connectivity index (χ3n) is 13.9. The lowest BCUT2D eigenvalue weighted by atomic mass is 9.67. The predicted molar refractivity (Wildman–Crippen MR) is 256 cm³/mol. The van der Waals surface area contributed by atoms with E-state index >= 15 is 0 Å². The van der Waals surface area contributed by atoms with Crippen molar-refractivity contribution in [2.24, 2.45) is 0 Å². The van der Waals surface area contributed by atoms with Gasteiger partial charge >= 0.3 is 0 Å². The maximum Gasteiger partial charge on any atom is 0.226 e. The number of oxazole rings is 1. The van der Waals surface area contributed by atoms with Crippen molar-refractivity contribution in [1.29, 1.82) is 0 Å². The Morgan fingerprint density at radius 3 is 2.11 bits per heavy atom. The summed E-state index contributed by atoms with van der Waals surface area (Å²) in [4.78, 5) is 7.56. The van der Waals surface area contributed by atoms with Gasteiger partial charge in [-0.2, -0.15) is 0 Å². The molecule has 4 aliphatic carbocycles. The molecule has 1 aromatic heterocycles. The van der Waals surface area contributed by atoms with Crippen LogP contribution < -0.4 is 4.90 Å². The first-order valence-corrected chi connectivity index (χ1v) is 22.1. The Hall–Kier alpha value is -7.23.